The fourth-order valence-corrected chi connectivity index (χ4v) is 2.33. The summed E-state index contributed by atoms with van der Waals surface area (Å²) < 4.78 is 42.6. The number of halogens is 4. The predicted molar refractivity (Wildman–Crippen MR) is 68.9 cm³/mol. The Labute approximate surface area is 114 Å². The molecule has 2 nitrogen and oxygen atoms in total. The van der Waals surface area contributed by atoms with Crippen LogP contribution in [-0.4, -0.2) is 19.3 Å². The zero-order chi connectivity index (χ0) is 14.2. The largest absolute Gasteiger partial charge is 0.489 e. The number of alkyl halides is 3. The van der Waals surface area contributed by atoms with Crippen molar-refractivity contribution in [1.82, 2.24) is 0 Å². The number of nitrogens with one attached hydrogen (secondary N) is 1. The van der Waals surface area contributed by atoms with E-state index in [-0.39, 0.29) is 12.8 Å². The van der Waals surface area contributed by atoms with E-state index in [2.05, 4.69) is 5.32 Å². The zero-order valence-electron chi connectivity index (χ0n) is 10.6. The molecule has 1 aliphatic rings. The normalized spacial score (nSPS) is 22.8. The Hall–Kier alpha value is -1.10. The van der Waals surface area contributed by atoms with Gasteiger partial charge in [-0.05, 0) is 37.5 Å². The molecule has 0 saturated heterocycles. The monoisotopic (exact) mass is 293 g/mol. The van der Waals surface area contributed by atoms with E-state index in [9.17, 15) is 13.2 Å². The van der Waals surface area contributed by atoms with E-state index in [1.165, 1.54) is 0 Å². The van der Waals surface area contributed by atoms with E-state index < -0.39 is 18.2 Å². The minimum absolute atomic E-state index is 0.00660. The molecule has 19 heavy (non-hydrogen) atoms. The SMILES string of the molecule is CNc1cc(Cl)c(OC2CC(C(F)(F)F)C2)cc1C. The van der Waals surface area contributed by atoms with Crippen LogP contribution in [0.5, 0.6) is 5.75 Å². The van der Waals surface area contributed by atoms with Gasteiger partial charge < -0.3 is 10.1 Å². The first-order valence-corrected chi connectivity index (χ1v) is 6.40. The second-order valence-corrected chi connectivity index (χ2v) is 5.20. The van der Waals surface area contributed by atoms with Crippen LogP contribution in [0.2, 0.25) is 5.02 Å². The molecule has 1 fully saturated rings. The minimum atomic E-state index is -4.12. The summed E-state index contributed by atoms with van der Waals surface area (Å²) in [4.78, 5) is 0. The maximum atomic E-state index is 12.4. The van der Waals surface area contributed by atoms with Gasteiger partial charge >= 0.3 is 6.18 Å². The quantitative estimate of drug-likeness (QED) is 0.891. The van der Waals surface area contributed by atoms with E-state index in [1.807, 2.05) is 6.92 Å². The second-order valence-electron chi connectivity index (χ2n) is 4.80. The van der Waals surface area contributed by atoms with Gasteiger partial charge in [-0.1, -0.05) is 11.6 Å². The predicted octanol–water partition coefficient (Wildman–Crippen LogP) is 4.41. The lowest BCUT2D eigenvalue weighted by Gasteiger charge is -2.36. The highest BCUT2D eigenvalue weighted by Gasteiger charge is 2.49. The molecule has 0 atom stereocenters. The molecule has 0 spiro atoms. The first-order chi connectivity index (χ1) is 8.81. The van der Waals surface area contributed by atoms with Crippen LogP contribution in [0.1, 0.15) is 18.4 Å². The van der Waals surface area contributed by atoms with Crippen LogP contribution in [0.3, 0.4) is 0 Å². The molecular weight excluding hydrogens is 279 g/mol. The topological polar surface area (TPSA) is 21.3 Å². The van der Waals surface area contributed by atoms with E-state index in [0.717, 1.165) is 11.3 Å². The lowest BCUT2D eigenvalue weighted by atomic mass is 9.82. The number of hydrogen-bond acceptors (Lipinski definition) is 2. The molecule has 0 heterocycles. The lowest BCUT2D eigenvalue weighted by molar-refractivity contribution is -0.210. The highest BCUT2D eigenvalue weighted by molar-refractivity contribution is 6.32. The second kappa shape index (κ2) is 5.12. The van der Waals surface area contributed by atoms with E-state index >= 15 is 0 Å². The Balaban J connectivity index is 2.00. The summed E-state index contributed by atoms with van der Waals surface area (Å²) in [5.74, 6) is -0.794. The van der Waals surface area contributed by atoms with Gasteiger partial charge in [0, 0.05) is 12.7 Å². The minimum Gasteiger partial charge on any atom is -0.489 e. The zero-order valence-corrected chi connectivity index (χ0v) is 11.4. The van der Waals surface area contributed by atoms with Gasteiger partial charge in [-0.3, -0.25) is 0 Å². The summed E-state index contributed by atoms with van der Waals surface area (Å²) in [5.41, 5.74) is 1.81. The first kappa shape index (κ1) is 14.3. The van der Waals surface area contributed by atoms with Gasteiger partial charge in [0.05, 0.1) is 17.0 Å². The molecule has 6 heteroatoms. The number of ether oxygens (including phenoxy) is 1. The third kappa shape index (κ3) is 3.08. The molecule has 0 aliphatic heterocycles. The Morgan fingerprint density at radius 1 is 1.32 bits per heavy atom. The van der Waals surface area contributed by atoms with Crippen molar-refractivity contribution in [2.45, 2.75) is 32.0 Å². The van der Waals surface area contributed by atoms with Crippen LogP contribution in [-0.2, 0) is 0 Å². The highest BCUT2D eigenvalue weighted by atomic mass is 35.5. The average Bonchev–Trinajstić information content (AvgIpc) is 2.24. The smallest absolute Gasteiger partial charge is 0.392 e. The molecule has 0 bridgehead atoms. The summed E-state index contributed by atoms with van der Waals surface area (Å²) in [6, 6.07) is 3.46. The van der Waals surface area contributed by atoms with Crippen molar-refractivity contribution in [3.05, 3.63) is 22.7 Å². The van der Waals surface area contributed by atoms with Crippen molar-refractivity contribution in [3.8, 4) is 5.75 Å². The molecule has 0 radical (unpaired) electrons. The van der Waals surface area contributed by atoms with Crippen molar-refractivity contribution in [3.63, 3.8) is 0 Å². The van der Waals surface area contributed by atoms with E-state index in [4.69, 9.17) is 16.3 Å². The van der Waals surface area contributed by atoms with Gasteiger partial charge in [-0.25, -0.2) is 0 Å². The highest BCUT2D eigenvalue weighted by Crippen LogP contribution is 2.43. The Bertz CT molecular complexity index is 470. The molecule has 106 valence electrons. The molecular formula is C13H15ClF3NO. The Morgan fingerprint density at radius 3 is 2.47 bits per heavy atom. The van der Waals surface area contributed by atoms with Gasteiger partial charge in [0.15, 0.2) is 0 Å². The van der Waals surface area contributed by atoms with Gasteiger partial charge in [0.25, 0.3) is 0 Å². The van der Waals surface area contributed by atoms with Gasteiger partial charge in [0.1, 0.15) is 5.75 Å². The third-order valence-electron chi connectivity index (χ3n) is 3.40. The number of rotatable bonds is 3. The summed E-state index contributed by atoms with van der Waals surface area (Å²) in [7, 11) is 1.78. The van der Waals surface area contributed by atoms with Crippen molar-refractivity contribution in [2.75, 3.05) is 12.4 Å². The van der Waals surface area contributed by atoms with Crippen molar-refractivity contribution in [1.29, 1.82) is 0 Å². The van der Waals surface area contributed by atoms with Crippen molar-refractivity contribution >= 4 is 17.3 Å². The maximum Gasteiger partial charge on any atom is 0.392 e. The Morgan fingerprint density at radius 2 is 1.95 bits per heavy atom. The van der Waals surface area contributed by atoms with E-state index in [1.54, 1.807) is 19.2 Å². The molecule has 0 unspecified atom stereocenters. The van der Waals surface area contributed by atoms with Gasteiger partial charge in [-0.2, -0.15) is 13.2 Å². The maximum absolute atomic E-state index is 12.4. The molecule has 1 aliphatic carbocycles. The molecule has 1 N–H and O–H groups in total. The molecule has 0 aromatic heterocycles. The van der Waals surface area contributed by atoms with Crippen molar-refractivity contribution in [2.24, 2.45) is 5.92 Å². The first-order valence-electron chi connectivity index (χ1n) is 6.02. The fraction of sp³-hybridized carbons (Fsp3) is 0.538. The van der Waals surface area contributed by atoms with Crippen LogP contribution in [0, 0.1) is 12.8 Å². The molecule has 1 aromatic carbocycles. The van der Waals surface area contributed by atoms with Crippen LogP contribution < -0.4 is 10.1 Å². The number of anilines is 1. The Kier molecular flexibility index (Phi) is 3.85. The molecule has 2 rings (SSSR count). The van der Waals surface area contributed by atoms with Gasteiger partial charge in [-0.15, -0.1) is 0 Å². The average molecular weight is 294 g/mol. The standard InChI is InChI=1S/C13H15ClF3NO/c1-7-3-12(10(14)6-11(7)18-2)19-9-4-8(5-9)13(15,16)17/h3,6,8-9,18H,4-5H2,1-2H3. The fourth-order valence-electron chi connectivity index (χ4n) is 2.12. The number of aryl methyl sites for hydroxylation is 1. The third-order valence-corrected chi connectivity index (χ3v) is 3.69. The van der Waals surface area contributed by atoms with Crippen LogP contribution in [0.4, 0.5) is 18.9 Å². The summed E-state index contributed by atoms with van der Waals surface area (Å²) in [5, 5.41) is 3.39. The van der Waals surface area contributed by atoms with Crippen molar-refractivity contribution < 1.29 is 17.9 Å². The van der Waals surface area contributed by atoms with E-state index in [0.29, 0.717) is 10.8 Å². The van der Waals surface area contributed by atoms with Crippen LogP contribution >= 0.6 is 11.6 Å². The lowest BCUT2D eigenvalue weighted by Crippen LogP contribution is -2.42. The number of hydrogen-bond donors (Lipinski definition) is 1. The van der Waals surface area contributed by atoms with Gasteiger partial charge in [0.2, 0.25) is 0 Å². The summed E-state index contributed by atoms with van der Waals surface area (Å²) >= 11 is 6.04. The summed E-state index contributed by atoms with van der Waals surface area (Å²) in [6.45, 7) is 1.88. The molecule has 1 aromatic rings. The summed E-state index contributed by atoms with van der Waals surface area (Å²) in [6.07, 6.45) is -4.50. The molecule has 0 amide bonds. The number of benzene rings is 1. The molecule has 1 saturated carbocycles. The van der Waals surface area contributed by atoms with Crippen LogP contribution in [0.25, 0.3) is 0 Å². The van der Waals surface area contributed by atoms with Crippen LogP contribution in [0.15, 0.2) is 12.1 Å².